The molecule has 0 fully saturated rings. The van der Waals surface area contributed by atoms with Crippen molar-refractivity contribution in [3.8, 4) is 5.95 Å². The zero-order chi connectivity index (χ0) is 38.8. The largest absolute Gasteiger partial charge is 0.308 e. The van der Waals surface area contributed by atoms with Gasteiger partial charge in [-0.25, -0.2) is 9.97 Å². The molecule has 4 nitrogen and oxygen atoms in total. The van der Waals surface area contributed by atoms with Crippen LogP contribution in [0.15, 0.2) is 169 Å². The van der Waals surface area contributed by atoms with E-state index in [1.807, 2.05) is 11.3 Å². The summed E-state index contributed by atoms with van der Waals surface area (Å²) >= 11 is 3.66. The number of aromatic nitrogens is 4. The molecule has 2 aliphatic rings. The fourth-order valence-corrected chi connectivity index (χ4v) is 13.3. The summed E-state index contributed by atoms with van der Waals surface area (Å²) < 4.78 is 8.74. The van der Waals surface area contributed by atoms with Gasteiger partial charge in [0.05, 0.1) is 33.3 Å². The Labute approximate surface area is 349 Å². The number of nitrogens with zero attached hydrogens (tertiary/aromatic N) is 4. The number of hydrogen-bond acceptors (Lipinski definition) is 4. The van der Waals surface area contributed by atoms with Crippen LogP contribution in [0, 0.1) is 5.92 Å². The Balaban J connectivity index is 1.14. The maximum atomic E-state index is 5.87. The second kappa shape index (κ2) is 11.3. The Hall–Kier alpha value is -7.12. The molecule has 6 aromatic heterocycles. The van der Waals surface area contributed by atoms with E-state index in [2.05, 4.69) is 173 Å². The lowest BCUT2D eigenvalue weighted by Crippen LogP contribution is -2.38. The van der Waals surface area contributed by atoms with Crippen LogP contribution in [-0.4, -0.2) is 18.9 Å². The Kier molecular flexibility index (Phi) is 6.01. The third-order valence-electron chi connectivity index (χ3n) is 13.4. The molecule has 278 valence electrons. The van der Waals surface area contributed by atoms with E-state index in [1.54, 1.807) is 11.3 Å². The van der Waals surface area contributed by atoms with E-state index >= 15 is 0 Å². The molecule has 15 rings (SSSR count). The van der Waals surface area contributed by atoms with Crippen LogP contribution in [0.5, 0.6) is 0 Å². The predicted octanol–water partition coefficient (Wildman–Crippen LogP) is 12.7. The van der Waals surface area contributed by atoms with Crippen molar-refractivity contribution >= 4 is 123 Å². The third-order valence-corrected chi connectivity index (χ3v) is 15.6. The van der Waals surface area contributed by atoms with Crippen molar-refractivity contribution in [3.63, 3.8) is 0 Å². The van der Waals surface area contributed by atoms with Gasteiger partial charge in [0.2, 0.25) is 5.95 Å². The zero-order valence-corrected chi connectivity index (χ0v) is 33.6. The normalized spacial score (nSPS) is 15.7. The molecular weight excluding hydrogens is 769 g/mol. The number of rotatable bonds is 3. The summed E-state index contributed by atoms with van der Waals surface area (Å²) in [5.74, 6) is 0.895. The van der Waals surface area contributed by atoms with Crippen LogP contribution in [0.4, 0.5) is 0 Å². The molecule has 0 bridgehead atoms. The minimum atomic E-state index is 0.192. The fraction of sp³-hybridized carbons (Fsp3) is 0.0370. The van der Waals surface area contributed by atoms with Gasteiger partial charge >= 0.3 is 0 Å². The maximum Gasteiger partial charge on any atom is 0.236 e. The molecule has 6 heterocycles. The quantitative estimate of drug-likeness (QED) is 0.178. The highest BCUT2D eigenvalue weighted by Gasteiger charge is 2.33. The first-order valence-electron chi connectivity index (χ1n) is 20.6. The van der Waals surface area contributed by atoms with E-state index in [9.17, 15) is 0 Å². The van der Waals surface area contributed by atoms with Gasteiger partial charge in [0, 0.05) is 68.7 Å². The molecule has 2 aliphatic carbocycles. The van der Waals surface area contributed by atoms with Gasteiger partial charge in [0.25, 0.3) is 0 Å². The van der Waals surface area contributed by atoms with Crippen LogP contribution in [0.2, 0.25) is 0 Å². The van der Waals surface area contributed by atoms with E-state index in [-0.39, 0.29) is 5.92 Å². The van der Waals surface area contributed by atoms with Crippen molar-refractivity contribution < 1.29 is 0 Å². The number of para-hydroxylation sites is 1. The summed E-state index contributed by atoms with van der Waals surface area (Å²) in [5, 5.41) is 12.6. The number of fused-ring (bicyclic) bond motifs is 9. The molecule has 60 heavy (non-hydrogen) atoms. The lowest BCUT2D eigenvalue weighted by Gasteiger charge is -2.31. The van der Waals surface area contributed by atoms with Crippen LogP contribution in [0.3, 0.4) is 0 Å². The highest BCUT2D eigenvalue weighted by molar-refractivity contribution is 7.26. The molecule has 0 N–H and O–H groups in total. The molecule has 0 amide bonds. The lowest BCUT2D eigenvalue weighted by molar-refractivity contribution is 0.796. The van der Waals surface area contributed by atoms with Crippen molar-refractivity contribution in [2.45, 2.75) is 6.42 Å². The minimum Gasteiger partial charge on any atom is -0.308 e. The highest BCUT2D eigenvalue weighted by Crippen LogP contribution is 2.51. The summed E-state index contributed by atoms with van der Waals surface area (Å²) in [5.41, 5.74) is 12.2. The molecule has 0 saturated carbocycles. The average molecular weight is 799 g/mol. The summed E-state index contributed by atoms with van der Waals surface area (Å²) in [6.07, 6.45) is 7.85. The predicted molar refractivity (Wildman–Crippen MR) is 253 cm³/mol. The Bertz CT molecular complexity index is 4210. The average Bonchev–Trinajstić information content (AvgIpc) is 4.03. The van der Waals surface area contributed by atoms with E-state index < -0.39 is 0 Å². The first kappa shape index (κ1) is 31.8. The Morgan fingerprint density at radius 2 is 1.27 bits per heavy atom. The molecule has 6 heteroatoms. The van der Waals surface area contributed by atoms with E-state index in [0.717, 1.165) is 33.4 Å². The van der Waals surface area contributed by atoms with Crippen LogP contribution < -0.4 is 10.4 Å². The minimum absolute atomic E-state index is 0.192. The second-order valence-corrected chi connectivity index (χ2v) is 18.4. The molecule has 1 atom stereocenters. The SMILES string of the molecule is C1=CCC2C(=C1)C(c1nc(-n3c4ccc5sc6ccc7c8ccccc8n8c9cccc3c9c4c5c6c78)nc3sc4ccccc4c13)=c1ccccc1=C2c1ccccc1. The van der Waals surface area contributed by atoms with Crippen LogP contribution >= 0.6 is 22.7 Å². The Morgan fingerprint density at radius 1 is 0.517 bits per heavy atom. The van der Waals surface area contributed by atoms with Gasteiger partial charge in [-0.15, -0.1) is 22.7 Å². The van der Waals surface area contributed by atoms with E-state index in [0.29, 0.717) is 5.95 Å². The molecule has 0 radical (unpaired) electrons. The summed E-state index contributed by atoms with van der Waals surface area (Å²) in [4.78, 5) is 12.5. The number of hydrogen-bond donors (Lipinski definition) is 0. The third kappa shape index (κ3) is 3.87. The van der Waals surface area contributed by atoms with Gasteiger partial charge in [0.1, 0.15) is 4.83 Å². The monoisotopic (exact) mass is 798 g/mol. The van der Waals surface area contributed by atoms with E-state index in [1.165, 1.54) is 101 Å². The first-order chi connectivity index (χ1) is 29.8. The zero-order valence-electron chi connectivity index (χ0n) is 32.0. The summed E-state index contributed by atoms with van der Waals surface area (Å²) in [6.45, 7) is 0. The lowest BCUT2D eigenvalue weighted by atomic mass is 9.73. The smallest absolute Gasteiger partial charge is 0.236 e. The van der Waals surface area contributed by atoms with Crippen LogP contribution in [0.1, 0.15) is 17.7 Å². The molecule has 0 saturated heterocycles. The van der Waals surface area contributed by atoms with Crippen LogP contribution in [0.25, 0.3) is 107 Å². The molecule has 7 aromatic carbocycles. The Morgan fingerprint density at radius 3 is 2.20 bits per heavy atom. The molecule has 0 spiro atoms. The highest BCUT2D eigenvalue weighted by atomic mass is 32.1. The van der Waals surface area contributed by atoms with Gasteiger partial charge < -0.3 is 4.40 Å². The molecule has 13 aromatic rings. The van der Waals surface area contributed by atoms with Crippen molar-refractivity contribution in [1.29, 1.82) is 0 Å². The second-order valence-electron chi connectivity index (χ2n) is 16.3. The molecular formula is C54H30N4S2. The number of thiophene rings is 2. The van der Waals surface area contributed by atoms with Gasteiger partial charge in [-0.1, -0.05) is 121 Å². The molecule has 1 unspecified atom stereocenters. The van der Waals surface area contributed by atoms with Crippen LogP contribution in [-0.2, 0) is 0 Å². The standard InChI is InChI=1S/C54H30N4S2/c1-2-13-29(14-3-1)44-31-16-4-6-18-33(31)45(34-19-7-5-17-32(34)44)51-46-36-20-9-11-24-41(36)60-53(46)56-54(55-51)58-39-23-12-22-38-47(39)48-40(58)26-28-42-49(48)50-43(59-42)27-25-35-30-15-8-10-21-37(30)57(38)52(35)50/h1-16,18-28,32H,17H2. The van der Waals surface area contributed by atoms with Gasteiger partial charge in [-0.05, 0) is 76.0 Å². The van der Waals surface area contributed by atoms with Crippen molar-refractivity contribution in [2.75, 3.05) is 0 Å². The van der Waals surface area contributed by atoms with Crippen molar-refractivity contribution in [2.24, 2.45) is 5.92 Å². The maximum absolute atomic E-state index is 5.87. The van der Waals surface area contributed by atoms with Crippen molar-refractivity contribution in [1.82, 2.24) is 18.9 Å². The van der Waals surface area contributed by atoms with Gasteiger partial charge in [-0.3, -0.25) is 4.57 Å². The fourth-order valence-electron chi connectivity index (χ4n) is 11.2. The van der Waals surface area contributed by atoms with Crippen molar-refractivity contribution in [3.05, 3.63) is 191 Å². The topological polar surface area (TPSA) is 35.1 Å². The summed E-state index contributed by atoms with van der Waals surface area (Å²) in [7, 11) is 0. The number of allylic oxidation sites excluding steroid dienone is 4. The number of benzene rings is 7. The summed E-state index contributed by atoms with van der Waals surface area (Å²) in [6, 6.07) is 53.8. The van der Waals surface area contributed by atoms with Gasteiger partial charge in [-0.2, -0.15) is 0 Å². The molecule has 0 aliphatic heterocycles. The van der Waals surface area contributed by atoms with Gasteiger partial charge in [0.15, 0.2) is 0 Å². The van der Waals surface area contributed by atoms with E-state index in [4.69, 9.17) is 9.97 Å². The first-order valence-corrected chi connectivity index (χ1v) is 22.2.